The molecule has 10 nitrogen and oxygen atoms in total. The topological polar surface area (TPSA) is 166 Å². The molecule has 5 fully saturated rings. The lowest BCUT2D eigenvalue weighted by Crippen LogP contribution is -2.73. The zero-order valence-electron chi connectivity index (χ0n) is 21.1. The summed E-state index contributed by atoms with van der Waals surface area (Å²) in [5.74, 6) is -3.14. The van der Waals surface area contributed by atoms with Crippen LogP contribution in [0.2, 0.25) is 0 Å². The van der Waals surface area contributed by atoms with Crippen molar-refractivity contribution in [2.75, 3.05) is 0 Å². The molecule has 1 heterocycles. The average molecular weight is 499 g/mol. The quantitative estimate of drug-likeness (QED) is 0.260. The van der Waals surface area contributed by atoms with Crippen LogP contribution in [0, 0.1) is 22.7 Å². The number of fused-ring (bicyclic) bond motifs is 4. The first-order valence-electron chi connectivity index (χ1n) is 12.5. The molecule has 1 aliphatic heterocycles. The number of rotatable bonds is 3. The summed E-state index contributed by atoms with van der Waals surface area (Å²) in [6.45, 7) is 9.15. The number of hydrogen-bond acceptors (Lipinski definition) is 10. The molecular formula is C25H38O10. The molecule has 0 amide bonds. The summed E-state index contributed by atoms with van der Waals surface area (Å²) < 4.78 is 17.3. The van der Waals surface area contributed by atoms with Crippen LogP contribution in [0.15, 0.2) is 0 Å². The van der Waals surface area contributed by atoms with Crippen LogP contribution in [0.3, 0.4) is 0 Å². The van der Waals surface area contributed by atoms with Gasteiger partial charge in [-0.25, -0.2) is 0 Å². The van der Waals surface area contributed by atoms with Crippen LogP contribution >= 0.6 is 0 Å². The van der Waals surface area contributed by atoms with E-state index in [1.54, 1.807) is 27.7 Å². The van der Waals surface area contributed by atoms with Crippen molar-refractivity contribution in [1.82, 2.24) is 0 Å². The molecule has 2 bridgehead atoms. The Morgan fingerprint density at radius 3 is 2.23 bits per heavy atom. The minimum absolute atomic E-state index is 0.0247. The Bertz CT molecular complexity index is 960. The molecule has 0 aromatic rings. The molecule has 5 N–H and O–H groups in total. The molecule has 12 atom stereocenters. The molecule has 4 aliphatic carbocycles. The molecule has 0 unspecified atom stereocenters. The fourth-order valence-electron chi connectivity index (χ4n) is 8.83. The molecular weight excluding hydrogens is 460 g/mol. The first-order valence-corrected chi connectivity index (χ1v) is 12.5. The zero-order valence-corrected chi connectivity index (χ0v) is 21.1. The van der Waals surface area contributed by atoms with Crippen molar-refractivity contribution < 1.29 is 49.3 Å². The molecule has 4 saturated carbocycles. The standard InChI is InChI=1S/C25H38O10/c1-7-13(27)34-17-12-8-9-24(31)22(6,30)15-14-18(35-14)20(3,4)25(15,32)19(33-11(2)26)16(28)23(17,24)10-21(12,5)29/h12,14-19,28-32H,7-10H2,1-6H3/t12-,14+,15+,16-,17-,18+,19-,21-,22+,23+,24-,25+/m1/s1. The van der Waals surface area contributed by atoms with E-state index in [2.05, 4.69) is 0 Å². The first-order chi connectivity index (χ1) is 15.9. The molecule has 10 heteroatoms. The second kappa shape index (κ2) is 6.96. The maximum Gasteiger partial charge on any atom is 0.305 e. The van der Waals surface area contributed by atoms with Crippen molar-refractivity contribution in [3.8, 4) is 0 Å². The van der Waals surface area contributed by atoms with Crippen LogP contribution in [0.25, 0.3) is 0 Å². The monoisotopic (exact) mass is 498 g/mol. The molecule has 198 valence electrons. The highest BCUT2D eigenvalue weighted by Gasteiger charge is 2.89. The van der Waals surface area contributed by atoms with Gasteiger partial charge in [-0.05, 0) is 33.1 Å². The Morgan fingerprint density at radius 1 is 1.03 bits per heavy atom. The Labute approximate surface area is 204 Å². The number of aliphatic hydroxyl groups excluding tert-OH is 1. The highest BCUT2D eigenvalue weighted by molar-refractivity contribution is 5.69. The molecule has 5 aliphatic rings. The summed E-state index contributed by atoms with van der Waals surface area (Å²) in [6, 6.07) is 0. The van der Waals surface area contributed by atoms with Gasteiger partial charge >= 0.3 is 11.9 Å². The Balaban J connectivity index is 1.81. The lowest BCUT2D eigenvalue weighted by molar-refractivity contribution is -0.290. The van der Waals surface area contributed by atoms with E-state index in [-0.39, 0.29) is 25.7 Å². The molecule has 0 aromatic heterocycles. The van der Waals surface area contributed by atoms with Gasteiger partial charge in [0.25, 0.3) is 0 Å². The molecule has 5 rings (SSSR count). The van der Waals surface area contributed by atoms with Crippen LogP contribution in [-0.4, -0.2) is 90.4 Å². The van der Waals surface area contributed by atoms with Gasteiger partial charge in [-0.2, -0.15) is 0 Å². The third-order valence-corrected chi connectivity index (χ3v) is 10.5. The van der Waals surface area contributed by atoms with E-state index in [0.717, 1.165) is 6.92 Å². The van der Waals surface area contributed by atoms with Crippen LogP contribution in [0.1, 0.15) is 67.2 Å². The van der Waals surface area contributed by atoms with E-state index < -0.39 is 87.5 Å². The number of carbonyl (C=O) groups excluding carboxylic acids is 2. The van der Waals surface area contributed by atoms with E-state index >= 15 is 0 Å². The van der Waals surface area contributed by atoms with Crippen molar-refractivity contribution in [1.29, 1.82) is 0 Å². The molecule has 35 heavy (non-hydrogen) atoms. The Hall–Kier alpha value is -1.30. The van der Waals surface area contributed by atoms with Crippen molar-refractivity contribution in [3.63, 3.8) is 0 Å². The molecule has 1 spiro atoms. The van der Waals surface area contributed by atoms with Gasteiger partial charge in [0.15, 0.2) is 6.10 Å². The second-order valence-corrected chi connectivity index (χ2v) is 12.5. The predicted octanol–water partition coefficient (Wildman–Crippen LogP) is -0.198. The molecule has 0 aromatic carbocycles. The van der Waals surface area contributed by atoms with Crippen LogP contribution < -0.4 is 0 Å². The van der Waals surface area contributed by atoms with Gasteiger partial charge in [0.2, 0.25) is 0 Å². The zero-order chi connectivity index (χ0) is 26.1. The normalized spacial score (nSPS) is 57.4. The summed E-state index contributed by atoms with van der Waals surface area (Å²) in [6.07, 6.45) is -5.73. The maximum atomic E-state index is 12.5. The van der Waals surface area contributed by atoms with E-state index in [9.17, 15) is 35.1 Å². The van der Waals surface area contributed by atoms with Gasteiger partial charge in [-0.1, -0.05) is 20.8 Å². The largest absolute Gasteiger partial charge is 0.461 e. The van der Waals surface area contributed by atoms with Crippen LogP contribution in [0.4, 0.5) is 0 Å². The Morgan fingerprint density at radius 2 is 1.66 bits per heavy atom. The number of hydrogen-bond donors (Lipinski definition) is 5. The van der Waals surface area contributed by atoms with Crippen molar-refractivity contribution in [3.05, 3.63) is 0 Å². The van der Waals surface area contributed by atoms with E-state index in [1.807, 2.05) is 0 Å². The minimum atomic E-state index is -2.13. The minimum Gasteiger partial charge on any atom is -0.461 e. The van der Waals surface area contributed by atoms with Crippen molar-refractivity contribution in [2.45, 2.75) is 120 Å². The van der Waals surface area contributed by atoms with Crippen molar-refractivity contribution in [2.24, 2.45) is 22.7 Å². The lowest BCUT2D eigenvalue weighted by atomic mass is 9.53. The highest BCUT2D eigenvalue weighted by atomic mass is 16.6. The highest BCUT2D eigenvalue weighted by Crippen LogP contribution is 2.74. The summed E-state index contributed by atoms with van der Waals surface area (Å²) in [5, 5.41) is 60.8. The molecule has 0 radical (unpaired) electrons. The van der Waals surface area contributed by atoms with E-state index in [0.29, 0.717) is 0 Å². The number of carbonyl (C=O) groups is 2. The van der Waals surface area contributed by atoms with Gasteiger partial charge in [0.05, 0.1) is 34.7 Å². The number of ether oxygens (including phenoxy) is 3. The van der Waals surface area contributed by atoms with Gasteiger partial charge in [-0.3, -0.25) is 9.59 Å². The summed E-state index contributed by atoms with van der Waals surface area (Å²) in [4.78, 5) is 24.8. The van der Waals surface area contributed by atoms with Crippen LogP contribution in [-0.2, 0) is 23.8 Å². The third-order valence-electron chi connectivity index (χ3n) is 10.5. The van der Waals surface area contributed by atoms with Gasteiger partial charge in [0.1, 0.15) is 23.4 Å². The molecule has 1 saturated heterocycles. The predicted molar refractivity (Wildman–Crippen MR) is 119 cm³/mol. The van der Waals surface area contributed by atoms with Crippen LogP contribution in [0.5, 0.6) is 0 Å². The number of epoxide rings is 1. The van der Waals surface area contributed by atoms with Crippen molar-refractivity contribution >= 4 is 11.9 Å². The number of esters is 2. The Kier molecular flexibility index (Phi) is 5.04. The fraction of sp³-hybridized carbons (Fsp3) is 0.920. The summed E-state index contributed by atoms with van der Waals surface area (Å²) in [5.41, 5.74) is -10.6. The van der Waals surface area contributed by atoms with E-state index in [4.69, 9.17) is 14.2 Å². The fourth-order valence-corrected chi connectivity index (χ4v) is 8.83. The van der Waals surface area contributed by atoms with E-state index in [1.165, 1.54) is 6.92 Å². The lowest BCUT2D eigenvalue weighted by Gasteiger charge is -2.58. The second-order valence-electron chi connectivity index (χ2n) is 12.5. The number of aliphatic hydroxyl groups is 5. The third kappa shape index (κ3) is 2.66. The summed E-state index contributed by atoms with van der Waals surface area (Å²) in [7, 11) is 0. The SMILES string of the molecule is CCC(=O)O[C@@H]1[C@H]2CC[C@]3(O)[C@@]1(C[C@@]2(C)O)[C@H](O)[C@@H](OC(C)=O)[C@@]1(O)[C@@H]([C@@H]2O[C@@H]2C1(C)C)[C@]3(C)O. The first kappa shape index (κ1) is 25.4. The van der Waals surface area contributed by atoms with Gasteiger partial charge in [-0.15, -0.1) is 0 Å². The summed E-state index contributed by atoms with van der Waals surface area (Å²) >= 11 is 0. The average Bonchev–Trinajstić information content (AvgIpc) is 3.46. The maximum absolute atomic E-state index is 12.5. The van der Waals surface area contributed by atoms with Gasteiger partial charge in [0, 0.05) is 24.7 Å². The van der Waals surface area contributed by atoms with Gasteiger partial charge < -0.3 is 39.7 Å². The smallest absolute Gasteiger partial charge is 0.305 e.